The van der Waals surface area contributed by atoms with Crippen molar-refractivity contribution in [1.82, 2.24) is 5.43 Å². The smallest absolute Gasteiger partial charge is 0.343 e. The minimum atomic E-state index is -0.487. The largest absolute Gasteiger partial charge is 0.484 e. The quantitative estimate of drug-likeness (QED) is 0.178. The molecule has 1 N–H and O–H groups in total. The monoisotopic (exact) mass is 458 g/mol. The molecule has 0 aromatic heterocycles. The third-order valence-corrected chi connectivity index (χ3v) is 4.93. The van der Waals surface area contributed by atoms with E-state index in [4.69, 9.17) is 21.1 Å². The molecule has 0 atom stereocenters. The van der Waals surface area contributed by atoms with Gasteiger partial charge in [-0.05, 0) is 47.2 Å². The summed E-state index contributed by atoms with van der Waals surface area (Å²) in [5.74, 6) is -0.129. The molecule has 0 fully saturated rings. The summed E-state index contributed by atoms with van der Waals surface area (Å²) < 4.78 is 11.0. The molecule has 7 heteroatoms. The van der Waals surface area contributed by atoms with E-state index in [-0.39, 0.29) is 6.61 Å². The molecule has 4 aromatic rings. The molecular formula is C26H19ClN2O4. The van der Waals surface area contributed by atoms with E-state index >= 15 is 0 Å². The summed E-state index contributed by atoms with van der Waals surface area (Å²) in [4.78, 5) is 24.7. The maximum atomic E-state index is 12.6. The first-order valence-electron chi connectivity index (χ1n) is 10.1. The fraction of sp³-hybridized carbons (Fsp3) is 0.0385. The van der Waals surface area contributed by atoms with E-state index in [0.717, 1.165) is 10.8 Å². The van der Waals surface area contributed by atoms with Gasteiger partial charge in [-0.3, -0.25) is 4.79 Å². The highest BCUT2D eigenvalue weighted by atomic mass is 35.5. The highest BCUT2D eigenvalue weighted by Gasteiger charge is 2.13. The van der Waals surface area contributed by atoms with Gasteiger partial charge < -0.3 is 9.47 Å². The van der Waals surface area contributed by atoms with Crippen LogP contribution in [-0.4, -0.2) is 24.7 Å². The Labute approximate surface area is 195 Å². The average molecular weight is 459 g/mol. The number of rotatable bonds is 7. The van der Waals surface area contributed by atoms with Crippen LogP contribution in [0.1, 0.15) is 15.9 Å². The topological polar surface area (TPSA) is 77.0 Å². The molecule has 4 aromatic carbocycles. The standard InChI is InChI=1S/C26H19ClN2O4/c27-20-10-6-11-21(15-20)32-17-25(30)29-28-16-23-22-12-5-4-7-18(22)13-14-24(23)33-26(31)19-8-2-1-3-9-19/h1-16H,17H2,(H,29,30)/b28-16-. The summed E-state index contributed by atoms with van der Waals surface area (Å²) in [5, 5.41) is 6.32. The lowest BCUT2D eigenvalue weighted by molar-refractivity contribution is -0.123. The van der Waals surface area contributed by atoms with Crippen LogP contribution in [0.25, 0.3) is 10.8 Å². The first-order valence-corrected chi connectivity index (χ1v) is 10.5. The van der Waals surface area contributed by atoms with Gasteiger partial charge in [-0.2, -0.15) is 5.10 Å². The van der Waals surface area contributed by atoms with Crippen molar-refractivity contribution in [2.24, 2.45) is 5.10 Å². The predicted octanol–water partition coefficient (Wildman–Crippen LogP) is 5.24. The number of nitrogens with zero attached hydrogens (tertiary/aromatic N) is 1. The maximum absolute atomic E-state index is 12.6. The number of carbonyl (C=O) groups excluding carboxylic acids is 2. The van der Waals surface area contributed by atoms with Crippen molar-refractivity contribution in [3.8, 4) is 11.5 Å². The van der Waals surface area contributed by atoms with Gasteiger partial charge in [0.15, 0.2) is 6.61 Å². The van der Waals surface area contributed by atoms with Gasteiger partial charge in [-0.1, -0.05) is 66.2 Å². The number of hydrazone groups is 1. The molecule has 0 saturated heterocycles. The lowest BCUT2D eigenvalue weighted by Gasteiger charge is -2.10. The molecule has 1 amide bonds. The summed E-state index contributed by atoms with van der Waals surface area (Å²) in [6.45, 7) is -0.233. The van der Waals surface area contributed by atoms with Gasteiger partial charge in [0.25, 0.3) is 5.91 Å². The molecule has 164 valence electrons. The minimum Gasteiger partial charge on any atom is -0.484 e. The van der Waals surface area contributed by atoms with E-state index in [1.54, 1.807) is 54.6 Å². The zero-order chi connectivity index (χ0) is 23.0. The van der Waals surface area contributed by atoms with Gasteiger partial charge in [0.1, 0.15) is 11.5 Å². The van der Waals surface area contributed by atoms with Crippen LogP contribution in [0.3, 0.4) is 0 Å². The van der Waals surface area contributed by atoms with E-state index < -0.39 is 11.9 Å². The first kappa shape index (κ1) is 22.0. The van der Waals surface area contributed by atoms with Gasteiger partial charge in [-0.25, -0.2) is 10.2 Å². The summed E-state index contributed by atoms with van der Waals surface area (Å²) in [6, 6.07) is 26.6. The Morgan fingerprint density at radius 2 is 1.70 bits per heavy atom. The van der Waals surface area contributed by atoms with E-state index in [2.05, 4.69) is 10.5 Å². The van der Waals surface area contributed by atoms with Gasteiger partial charge in [0.05, 0.1) is 11.8 Å². The normalized spacial score (nSPS) is 10.8. The van der Waals surface area contributed by atoms with E-state index in [1.807, 2.05) is 36.4 Å². The third kappa shape index (κ3) is 5.75. The van der Waals surface area contributed by atoms with E-state index in [1.165, 1.54) is 6.21 Å². The van der Waals surface area contributed by atoms with Crippen molar-refractivity contribution in [3.05, 3.63) is 107 Å². The summed E-state index contributed by atoms with van der Waals surface area (Å²) >= 11 is 5.91. The maximum Gasteiger partial charge on any atom is 0.343 e. The number of halogens is 1. The number of esters is 1. The van der Waals surface area contributed by atoms with Crippen LogP contribution >= 0.6 is 11.6 Å². The van der Waals surface area contributed by atoms with Crippen LogP contribution in [0.4, 0.5) is 0 Å². The lowest BCUT2D eigenvalue weighted by atomic mass is 10.0. The van der Waals surface area contributed by atoms with Gasteiger partial charge in [0, 0.05) is 10.6 Å². The second kappa shape index (κ2) is 10.4. The first-order chi connectivity index (χ1) is 16.1. The van der Waals surface area contributed by atoms with Crippen molar-refractivity contribution in [2.45, 2.75) is 0 Å². The summed E-state index contributed by atoms with van der Waals surface area (Å²) in [7, 11) is 0. The Bertz CT molecular complexity index is 1320. The molecule has 33 heavy (non-hydrogen) atoms. The number of carbonyl (C=O) groups is 2. The molecule has 0 aliphatic heterocycles. The number of amides is 1. The second-order valence-electron chi connectivity index (χ2n) is 6.99. The van der Waals surface area contributed by atoms with Crippen molar-refractivity contribution in [3.63, 3.8) is 0 Å². The lowest BCUT2D eigenvalue weighted by Crippen LogP contribution is -2.24. The van der Waals surface area contributed by atoms with Crippen LogP contribution in [0, 0.1) is 0 Å². The fourth-order valence-electron chi connectivity index (χ4n) is 3.14. The highest BCUT2D eigenvalue weighted by Crippen LogP contribution is 2.27. The SMILES string of the molecule is O=C(COc1cccc(Cl)c1)N/N=C\c1c(OC(=O)c2ccccc2)ccc2ccccc12. The molecule has 0 saturated carbocycles. The van der Waals surface area contributed by atoms with Crippen molar-refractivity contribution in [2.75, 3.05) is 6.61 Å². The Hall–Kier alpha value is -4.16. The highest BCUT2D eigenvalue weighted by molar-refractivity contribution is 6.30. The molecule has 0 spiro atoms. The van der Waals surface area contributed by atoms with Crippen LogP contribution in [0.5, 0.6) is 11.5 Å². The van der Waals surface area contributed by atoms with Crippen molar-refractivity contribution >= 4 is 40.5 Å². The van der Waals surface area contributed by atoms with Gasteiger partial charge in [-0.15, -0.1) is 0 Å². The fourth-order valence-corrected chi connectivity index (χ4v) is 3.32. The number of fused-ring (bicyclic) bond motifs is 1. The van der Waals surface area contributed by atoms with Crippen LogP contribution in [0.2, 0.25) is 5.02 Å². The Morgan fingerprint density at radius 1 is 0.909 bits per heavy atom. The van der Waals surface area contributed by atoms with Crippen LogP contribution in [0.15, 0.2) is 96.1 Å². The number of benzene rings is 4. The van der Waals surface area contributed by atoms with Gasteiger partial charge in [0.2, 0.25) is 0 Å². The Balaban J connectivity index is 1.50. The molecule has 0 radical (unpaired) electrons. The molecular weight excluding hydrogens is 440 g/mol. The zero-order valence-electron chi connectivity index (χ0n) is 17.4. The summed E-state index contributed by atoms with van der Waals surface area (Å²) in [6.07, 6.45) is 1.45. The van der Waals surface area contributed by atoms with Crippen LogP contribution < -0.4 is 14.9 Å². The molecule has 4 rings (SSSR count). The number of nitrogens with one attached hydrogen (secondary N) is 1. The summed E-state index contributed by atoms with van der Waals surface area (Å²) in [5.41, 5.74) is 3.42. The van der Waals surface area contributed by atoms with E-state index in [0.29, 0.717) is 27.6 Å². The minimum absolute atomic E-state index is 0.233. The Kier molecular flexibility index (Phi) is 6.97. The molecule has 0 bridgehead atoms. The Morgan fingerprint density at radius 3 is 2.52 bits per heavy atom. The van der Waals surface area contributed by atoms with Crippen molar-refractivity contribution < 1.29 is 19.1 Å². The third-order valence-electron chi connectivity index (χ3n) is 4.69. The van der Waals surface area contributed by atoms with E-state index in [9.17, 15) is 9.59 Å². The molecule has 6 nitrogen and oxygen atoms in total. The average Bonchev–Trinajstić information content (AvgIpc) is 2.84. The van der Waals surface area contributed by atoms with Crippen LogP contribution in [-0.2, 0) is 4.79 Å². The molecule has 0 heterocycles. The number of hydrogen-bond donors (Lipinski definition) is 1. The predicted molar refractivity (Wildman–Crippen MR) is 128 cm³/mol. The molecule has 0 unspecified atom stereocenters. The molecule has 0 aliphatic carbocycles. The zero-order valence-corrected chi connectivity index (χ0v) is 18.2. The number of ether oxygens (including phenoxy) is 2. The van der Waals surface area contributed by atoms with Crippen molar-refractivity contribution in [1.29, 1.82) is 0 Å². The number of hydrogen-bond acceptors (Lipinski definition) is 5. The molecule has 0 aliphatic rings. The van der Waals surface area contributed by atoms with Gasteiger partial charge >= 0.3 is 5.97 Å². The second-order valence-corrected chi connectivity index (χ2v) is 7.43.